The van der Waals surface area contributed by atoms with Crippen LogP contribution in [0.3, 0.4) is 0 Å². The Labute approximate surface area is 193 Å². The minimum Gasteiger partial charge on any atom is -0.352 e. The first-order chi connectivity index (χ1) is 15.6. The predicted molar refractivity (Wildman–Crippen MR) is 133 cm³/mol. The highest BCUT2D eigenvalue weighted by atomic mass is 32.1. The van der Waals surface area contributed by atoms with Crippen molar-refractivity contribution >= 4 is 33.5 Å². The fourth-order valence-corrected chi connectivity index (χ4v) is 6.04. The van der Waals surface area contributed by atoms with Crippen LogP contribution in [0.1, 0.15) is 42.5 Å². The van der Waals surface area contributed by atoms with E-state index in [1.165, 1.54) is 12.0 Å². The van der Waals surface area contributed by atoms with Crippen LogP contribution in [0, 0.1) is 5.92 Å². The fraction of sp³-hybridized carbons (Fsp3) is 0.385. The van der Waals surface area contributed by atoms with Gasteiger partial charge in [-0.25, -0.2) is 9.98 Å². The lowest BCUT2D eigenvalue weighted by atomic mass is 10.0. The Kier molecular flexibility index (Phi) is 4.81. The fourth-order valence-electron chi connectivity index (χ4n) is 5.06. The largest absolute Gasteiger partial charge is 0.352 e. The first kappa shape index (κ1) is 19.9. The summed E-state index contributed by atoms with van der Waals surface area (Å²) in [5.41, 5.74) is 4.67. The molecule has 2 aromatic carbocycles. The Morgan fingerprint density at radius 1 is 1.12 bits per heavy atom. The van der Waals surface area contributed by atoms with Crippen molar-refractivity contribution in [1.82, 2.24) is 15.2 Å². The molecule has 6 heteroatoms. The van der Waals surface area contributed by atoms with Crippen molar-refractivity contribution < 1.29 is 0 Å². The normalized spacial score (nSPS) is 23.9. The quantitative estimate of drug-likeness (QED) is 0.576. The number of benzene rings is 2. The highest BCUT2D eigenvalue weighted by Crippen LogP contribution is 2.48. The minimum absolute atomic E-state index is 0.187. The Morgan fingerprint density at radius 3 is 2.78 bits per heavy atom. The number of piperazine rings is 1. The van der Waals surface area contributed by atoms with Crippen LogP contribution in [0.2, 0.25) is 0 Å². The lowest BCUT2D eigenvalue weighted by Gasteiger charge is -2.36. The van der Waals surface area contributed by atoms with Gasteiger partial charge in [0.05, 0.1) is 16.4 Å². The highest BCUT2D eigenvalue weighted by molar-refractivity contribution is 7.16. The molecule has 164 valence electrons. The van der Waals surface area contributed by atoms with E-state index >= 15 is 0 Å². The second kappa shape index (κ2) is 7.71. The number of hydrogen-bond acceptors (Lipinski definition) is 6. The Hall–Kier alpha value is -2.70. The molecule has 3 aliphatic rings. The molecule has 2 N–H and O–H groups in total. The molecule has 0 radical (unpaired) electrons. The van der Waals surface area contributed by atoms with Crippen molar-refractivity contribution in [3.05, 3.63) is 70.9 Å². The second-order valence-corrected chi connectivity index (χ2v) is 10.6. The van der Waals surface area contributed by atoms with E-state index in [0.717, 1.165) is 59.0 Å². The van der Waals surface area contributed by atoms with Crippen molar-refractivity contribution in [1.29, 1.82) is 0 Å². The van der Waals surface area contributed by atoms with Crippen LogP contribution in [-0.2, 0) is 6.42 Å². The summed E-state index contributed by atoms with van der Waals surface area (Å²) >= 11 is 1.76. The number of nitrogens with one attached hydrogen (secondary N) is 2. The predicted octanol–water partition coefficient (Wildman–Crippen LogP) is 5.31. The third kappa shape index (κ3) is 3.51. The molecular weight excluding hydrogens is 414 g/mol. The summed E-state index contributed by atoms with van der Waals surface area (Å²) in [5, 5.41) is 9.76. The summed E-state index contributed by atoms with van der Waals surface area (Å²) in [5.74, 6) is 2.09. The Morgan fingerprint density at radius 2 is 1.94 bits per heavy atom. The van der Waals surface area contributed by atoms with Crippen molar-refractivity contribution in [2.45, 2.75) is 38.1 Å². The van der Waals surface area contributed by atoms with Crippen molar-refractivity contribution in [3.8, 4) is 0 Å². The number of amidine groups is 1. The van der Waals surface area contributed by atoms with Crippen LogP contribution in [-0.4, -0.2) is 40.9 Å². The molecule has 3 heterocycles. The molecule has 1 unspecified atom stereocenters. The minimum atomic E-state index is 0.187. The zero-order valence-electron chi connectivity index (χ0n) is 18.6. The summed E-state index contributed by atoms with van der Waals surface area (Å²) in [7, 11) is 0. The lowest BCUT2D eigenvalue weighted by Crippen LogP contribution is -2.55. The van der Waals surface area contributed by atoms with Crippen LogP contribution in [0.25, 0.3) is 0 Å². The molecule has 32 heavy (non-hydrogen) atoms. The van der Waals surface area contributed by atoms with Gasteiger partial charge in [-0.2, -0.15) is 0 Å². The molecule has 1 saturated carbocycles. The number of anilines is 2. The Bertz CT molecular complexity index is 1170. The maximum Gasteiger partial charge on any atom is 0.158 e. The zero-order chi connectivity index (χ0) is 21.7. The van der Waals surface area contributed by atoms with Gasteiger partial charge in [-0.05, 0) is 36.5 Å². The number of rotatable bonds is 3. The molecule has 2 aliphatic heterocycles. The standard InChI is InChI=1S/C26H29N5S/c1-17(2)24-30-22-23(28-20-10-6-7-11-21(20)29-25(22)32-24)31-13-12-27-26(16-31)15-19(26)14-18-8-4-3-5-9-18/h3-11,17,19,27,29H,12-16H2,1-2H3/t19?,26-/m0/s1. The summed E-state index contributed by atoms with van der Waals surface area (Å²) in [6.07, 6.45) is 2.36. The van der Waals surface area contributed by atoms with E-state index in [1.54, 1.807) is 11.3 Å². The molecule has 1 aromatic heterocycles. The average Bonchev–Trinajstić information content (AvgIpc) is 3.30. The van der Waals surface area contributed by atoms with E-state index in [9.17, 15) is 0 Å². The molecule has 6 rings (SSSR count). The van der Waals surface area contributed by atoms with Gasteiger partial charge in [0.1, 0.15) is 10.7 Å². The van der Waals surface area contributed by atoms with E-state index in [-0.39, 0.29) is 5.54 Å². The van der Waals surface area contributed by atoms with Gasteiger partial charge >= 0.3 is 0 Å². The molecule has 0 amide bonds. The van der Waals surface area contributed by atoms with Crippen molar-refractivity contribution in [2.75, 3.05) is 25.0 Å². The Balaban J connectivity index is 1.32. The van der Waals surface area contributed by atoms with Gasteiger partial charge in [0.2, 0.25) is 0 Å². The van der Waals surface area contributed by atoms with E-state index in [1.807, 2.05) is 0 Å². The molecule has 2 fully saturated rings. The van der Waals surface area contributed by atoms with Crippen LogP contribution >= 0.6 is 11.3 Å². The molecule has 1 spiro atoms. The summed E-state index contributed by atoms with van der Waals surface area (Å²) in [6.45, 7) is 7.34. The number of para-hydroxylation sites is 2. The van der Waals surface area contributed by atoms with Gasteiger partial charge in [-0.15, -0.1) is 11.3 Å². The van der Waals surface area contributed by atoms with Gasteiger partial charge < -0.3 is 15.5 Å². The smallest absolute Gasteiger partial charge is 0.158 e. The van der Waals surface area contributed by atoms with E-state index < -0.39 is 0 Å². The SMILES string of the molecule is CC(C)c1nc2c(s1)Nc1ccccc1N=C2N1CCN[C@@]2(CC2Cc2ccccc2)C1. The van der Waals surface area contributed by atoms with E-state index in [2.05, 4.69) is 84.0 Å². The van der Waals surface area contributed by atoms with Crippen molar-refractivity contribution in [2.24, 2.45) is 10.9 Å². The zero-order valence-corrected chi connectivity index (χ0v) is 19.5. The van der Waals surface area contributed by atoms with E-state index in [0.29, 0.717) is 11.8 Å². The van der Waals surface area contributed by atoms with Gasteiger partial charge in [-0.1, -0.05) is 56.3 Å². The van der Waals surface area contributed by atoms with E-state index in [4.69, 9.17) is 9.98 Å². The molecule has 3 aromatic rings. The number of hydrogen-bond donors (Lipinski definition) is 2. The van der Waals surface area contributed by atoms with Crippen LogP contribution in [0.5, 0.6) is 0 Å². The molecule has 2 atom stereocenters. The van der Waals surface area contributed by atoms with Gasteiger partial charge in [-0.3, -0.25) is 0 Å². The number of aromatic nitrogens is 1. The van der Waals surface area contributed by atoms with Gasteiger partial charge in [0, 0.05) is 31.1 Å². The second-order valence-electron chi connectivity index (χ2n) is 9.56. The first-order valence-electron chi connectivity index (χ1n) is 11.6. The maximum atomic E-state index is 5.18. The molecule has 0 bridgehead atoms. The van der Waals surface area contributed by atoms with Gasteiger partial charge in [0.15, 0.2) is 5.84 Å². The topological polar surface area (TPSA) is 52.6 Å². The van der Waals surface area contributed by atoms with Crippen molar-refractivity contribution in [3.63, 3.8) is 0 Å². The maximum absolute atomic E-state index is 5.18. The summed E-state index contributed by atoms with van der Waals surface area (Å²) < 4.78 is 0. The number of thiazole rings is 1. The lowest BCUT2D eigenvalue weighted by molar-refractivity contribution is 0.262. The highest BCUT2D eigenvalue weighted by Gasteiger charge is 2.56. The first-order valence-corrected chi connectivity index (χ1v) is 12.4. The third-order valence-corrected chi connectivity index (χ3v) is 8.19. The van der Waals surface area contributed by atoms with Crippen LogP contribution in [0.4, 0.5) is 16.4 Å². The monoisotopic (exact) mass is 443 g/mol. The molecule has 5 nitrogen and oxygen atoms in total. The molecular formula is C26H29N5S. The summed E-state index contributed by atoms with van der Waals surface area (Å²) in [6, 6.07) is 19.2. The average molecular weight is 444 g/mol. The number of aliphatic imine (C=N–C) groups is 1. The van der Waals surface area contributed by atoms with Crippen LogP contribution in [0.15, 0.2) is 59.6 Å². The number of fused-ring (bicyclic) bond motifs is 2. The van der Waals surface area contributed by atoms with Crippen LogP contribution < -0.4 is 10.6 Å². The summed E-state index contributed by atoms with van der Waals surface area (Å²) in [4.78, 5) is 12.7. The molecule has 1 aliphatic carbocycles. The molecule has 1 saturated heterocycles. The third-order valence-electron chi connectivity index (χ3n) is 6.92. The number of nitrogens with zero attached hydrogens (tertiary/aromatic N) is 3. The van der Waals surface area contributed by atoms with Gasteiger partial charge in [0.25, 0.3) is 0 Å².